The number of ether oxygens (including phenoxy) is 2. The van der Waals surface area contributed by atoms with Crippen LogP contribution in [0.25, 0.3) is 5.70 Å². The molecule has 3 aromatic rings. The molecule has 0 amide bonds. The van der Waals surface area contributed by atoms with Crippen molar-refractivity contribution in [3.05, 3.63) is 105 Å². The highest BCUT2D eigenvalue weighted by molar-refractivity contribution is 7.80. The van der Waals surface area contributed by atoms with Crippen LogP contribution in [-0.4, -0.2) is 18.2 Å². The van der Waals surface area contributed by atoms with Crippen LogP contribution in [0.4, 0.5) is 0 Å². The summed E-state index contributed by atoms with van der Waals surface area (Å²) in [7, 11) is 1.35. The lowest BCUT2D eigenvalue weighted by atomic mass is 9.93. The molecule has 3 aromatic carbocycles. The fourth-order valence-corrected chi connectivity index (χ4v) is 4.06. The van der Waals surface area contributed by atoms with Crippen molar-refractivity contribution in [1.29, 1.82) is 0 Å². The summed E-state index contributed by atoms with van der Waals surface area (Å²) in [6, 6.07) is 21.6. The summed E-state index contributed by atoms with van der Waals surface area (Å²) >= 11 is 17.7. The number of rotatable bonds is 6. The standard InChI is InChI=1S/C25H20Cl2N2O3S/c1-31-24(30)21-22(15-6-10-18(26)11-7-15)28-25(33)29-23(21)16-8-12-19(13-9-16)32-14-17-4-2-3-5-20(17)27/h2-13,23H,14H2,1H3,(H2,28,29,33)/t23-/m0/s1. The summed E-state index contributed by atoms with van der Waals surface area (Å²) in [6.45, 7) is 0.350. The number of benzene rings is 3. The van der Waals surface area contributed by atoms with E-state index in [4.69, 9.17) is 44.9 Å². The van der Waals surface area contributed by atoms with Gasteiger partial charge in [0.05, 0.1) is 24.4 Å². The number of thiocarbonyl (C=S) groups is 1. The van der Waals surface area contributed by atoms with Gasteiger partial charge < -0.3 is 20.1 Å². The Bertz CT molecular complexity index is 1210. The van der Waals surface area contributed by atoms with Crippen LogP contribution in [0.5, 0.6) is 5.75 Å². The largest absolute Gasteiger partial charge is 0.489 e. The Balaban J connectivity index is 1.63. The third-order valence-electron chi connectivity index (χ3n) is 5.18. The Morgan fingerprint density at radius 3 is 2.36 bits per heavy atom. The number of carbonyl (C=O) groups excluding carboxylic acids is 1. The van der Waals surface area contributed by atoms with Gasteiger partial charge in [0.1, 0.15) is 12.4 Å². The SMILES string of the molecule is COC(=O)C1=C(c2ccc(Cl)cc2)NC(=S)N[C@H]1c1ccc(OCc2ccccc2Cl)cc1. The molecule has 168 valence electrons. The lowest BCUT2D eigenvalue weighted by Gasteiger charge is -2.31. The normalized spacial score (nSPS) is 15.5. The van der Waals surface area contributed by atoms with Crippen LogP contribution in [0.15, 0.2) is 78.4 Å². The first-order valence-electron chi connectivity index (χ1n) is 10.1. The molecule has 0 saturated heterocycles. The first-order chi connectivity index (χ1) is 16.0. The van der Waals surface area contributed by atoms with Gasteiger partial charge in [0.2, 0.25) is 0 Å². The molecule has 2 N–H and O–H groups in total. The second-order valence-electron chi connectivity index (χ2n) is 7.27. The second kappa shape index (κ2) is 10.3. The van der Waals surface area contributed by atoms with Crippen molar-refractivity contribution in [3.8, 4) is 5.75 Å². The number of nitrogens with one attached hydrogen (secondary N) is 2. The zero-order valence-electron chi connectivity index (χ0n) is 17.6. The minimum Gasteiger partial charge on any atom is -0.489 e. The molecule has 0 unspecified atom stereocenters. The second-order valence-corrected chi connectivity index (χ2v) is 8.52. The van der Waals surface area contributed by atoms with E-state index in [1.54, 1.807) is 12.1 Å². The Morgan fingerprint density at radius 2 is 1.70 bits per heavy atom. The lowest BCUT2D eigenvalue weighted by Crippen LogP contribution is -2.45. The minimum absolute atomic E-state index is 0.350. The van der Waals surface area contributed by atoms with E-state index in [9.17, 15) is 4.79 Å². The van der Waals surface area contributed by atoms with Crippen LogP contribution in [0.2, 0.25) is 10.0 Å². The summed E-state index contributed by atoms with van der Waals surface area (Å²) in [5, 5.41) is 7.92. The van der Waals surface area contributed by atoms with Crippen molar-refractivity contribution in [2.75, 3.05) is 7.11 Å². The summed E-state index contributed by atoms with van der Waals surface area (Å²) in [4.78, 5) is 12.8. The van der Waals surface area contributed by atoms with Gasteiger partial charge in [0.25, 0.3) is 0 Å². The average Bonchev–Trinajstić information content (AvgIpc) is 2.83. The van der Waals surface area contributed by atoms with Crippen LogP contribution >= 0.6 is 35.4 Å². The third kappa shape index (κ3) is 5.30. The Morgan fingerprint density at radius 1 is 1.00 bits per heavy atom. The van der Waals surface area contributed by atoms with Gasteiger partial charge in [-0.25, -0.2) is 4.79 Å². The van der Waals surface area contributed by atoms with Crippen molar-refractivity contribution in [1.82, 2.24) is 10.6 Å². The maximum absolute atomic E-state index is 12.8. The predicted octanol–water partition coefficient (Wildman–Crippen LogP) is 5.68. The minimum atomic E-state index is -0.505. The van der Waals surface area contributed by atoms with Gasteiger partial charge >= 0.3 is 5.97 Å². The molecule has 8 heteroatoms. The van der Waals surface area contributed by atoms with E-state index in [1.807, 2.05) is 60.7 Å². The van der Waals surface area contributed by atoms with E-state index in [0.29, 0.717) is 38.8 Å². The van der Waals surface area contributed by atoms with Crippen LogP contribution in [-0.2, 0) is 16.1 Å². The number of hydrogen-bond acceptors (Lipinski definition) is 4. The fourth-order valence-electron chi connectivity index (χ4n) is 3.52. The van der Waals surface area contributed by atoms with Crippen molar-refractivity contribution < 1.29 is 14.3 Å². The highest BCUT2D eigenvalue weighted by Crippen LogP contribution is 2.33. The van der Waals surface area contributed by atoms with E-state index < -0.39 is 12.0 Å². The maximum atomic E-state index is 12.8. The molecule has 1 heterocycles. The quantitative estimate of drug-likeness (QED) is 0.337. The third-order valence-corrected chi connectivity index (χ3v) is 6.02. The van der Waals surface area contributed by atoms with Crippen LogP contribution in [0, 0.1) is 0 Å². The summed E-state index contributed by atoms with van der Waals surface area (Å²) < 4.78 is 11.0. The molecule has 4 rings (SSSR count). The summed E-state index contributed by atoms with van der Waals surface area (Å²) in [6.07, 6.45) is 0. The molecule has 0 aliphatic carbocycles. The molecule has 0 bridgehead atoms. The average molecular weight is 499 g/mol. The smallest absolute Gasteiger partial charge is 0.338 e. The number of esters is 1. The Kier molecular flexibility index (Phi) is 7.18. The molecule has 0 radical (unpaired) electrons. The van der Waals surface area contributed by atoms with Gasteiger partial charge in [0.15, 0.2) is 5.11 Å². The topological polar surface area (TPSA) is 59.6 Å². The van der Waals surface area contributed by atoms with E-state index in [0.717, 1.165) is 16.7 Å². The number of halogens is 2. The van der Waals surface area contributed by atoms with Crippen molar-refractivity contribution >= 4 is 52.2 Å². The van der Waals surface area contributed by atoms with Crippen LogP contribution in [0.1, 0.15) is 22.7 Å². The number of hydrogen-bond donors (Lipinski definition) is 2. The zero-order chi connectivity index (χ0) is 23.4. The monoisotopic (exact) mass is 498 g/mol. The van der Waals surface area contributed by atoms with Crippen LogP contribution in [0.3, 0.4) is 0 Å². The molecule has 0 spiro atoms. The van der Waals surface area contributed by atoms with Gasteiger partial charge in [-0.3, -0.25) is 0 Å². The van der Waals surface area contributed by atoms with E-state index in [2.05, 4.69) is 10.6 Å². The van der Waals surface area contributed by atoms with E-state index in [1.165, 1.54) is 7.11 Å². The molecule has 0 fully saturated rings. The Hall–Kier alpha value is -3.06. The van der Waals surface area contributed by atoms with Crippen molar-refractivity contribution in [2.45, 2.75) is 12.6 Å². The molecular weight excluding hydrogens is 479 g/mol. The van der Waals surface area contributed by atoms with Gasteiger partial charge in [-0.1, -0.05) is 65.7 Å². The first kappa shape index (κ1) is 23.1. The Labute approximate surface area is 207 Å². The van der Waals surface area contributed by atoms with Crippen LogP contribution < -0.4 is 15.4 Å². The molecule has 0 saturated carbocycles. The van der Waals surface area contributed by atoms with Crippen molar-refractivity contribution in [2.24, 2.45) is 0 Å². The molecule has 0 aromatic heterocycles. The molecule has 33 heavy (non-hydrogen) atoms. The van der Waals surface area contributed by atoms with E-state index in [-0.39, 0.29) is 0 Å². The predicted molar refractivity (Wildman–Crippen MR) is 134 cm³/mol. The number of methoxy groups -OCH3 is 1. The molecular formula is C25H20Cl2N2O3S. The number of carbonyl (C=O) groups is 1. The maximum Gasteiger partial charge on any atom is 0.338 e. The molecule has 1 aliphatic rings. The summed E-state index contributed by atoms with van der Waals surface area (Å²) in [5.74, 6) is 0.211. The molecule has 5 nitrogen and oxygen atoms in total. The zero-order valence-corrected chi connectivity index (χ0v) is 19.9. The fraction of sp³-hybridized carbons (Fsp3) is 0.120. The van der Waals surface area contributed by atoms with E-state index >= 15 is 0 Å². The van der Waals surface area contributed by atoms with Gasteiger partial charge in [-0.15, -0.1) is 0 Å². The van der Waals surface area contributed by atoms with Crippen molar-refractivity contribution in [3.63, 3.8) is 0 Å². The van der Waals surface area contributed by atoms with Gasteiger partial charge in [-0.2, -0.15) is 0 Å². The molecule has 1 aliphatic heterocycles. The highest BCUT2D eigenvalue weighted by Gasteiger charge is 2.32. The first-order valence-corrected chi connectivity index (χ1v) is 11.2. The van der Waals surface area contributed by atoms with Gasteiger partial charge in [-0.05, 0) is 53.7 Å². The van der Waals surface area contributed by atoms with Gasteiger partial charge in [0, 0.05) is 15.6 Å². The summed E-state index contributed by atoms with van der Waals surface area (Å²) in [5.41, 5.74) is 3.49. The highest BCUT2D eigenvalue weighted by atomic mass is 35.5. The lowest BCUT2D eigenvalue weighted by molar-refractivity contribution is -0.136. The molecule has 1 atom stereocenters.